The molecule has 1 fully saturated rings. The number of amides is 1. The topological polar surface area (TPSA) is 20.3 Å². The van der Waals surface area contributed by atoms with Gasteiger partial charge < -0.3 is 4.90 Å². The number of carbonyl (C=O) groups excluding carboxylic acids is 1. The molecule has 1 unspecified atom stereocenters. The third-order valence-electron chi connectivity index (χ3n) is 3.58. The Kier molecular flexibility index (Phi) is 4.28. The third kappa shape index (κ3) is 2.86. The number of benzene rings is 1. The van der Waals surface area contributed by atoms with Crippen molar-refractivity contribution >= 4 is 17.5 Å². The van der Waals surface area contributed by atoms with Gasteiger partial charge in [-0.15, -0.1) is 0 Å². The summed E-state index contributed by atoms with van der Waals surface area (Å²) in [6.45, 7) is 6.03. The third-order valence-corrected chi connectivity index (χ3v) is 3.83. The minimum atomic E-state index is -0.0413. The molecule has 0 spiro atoms. The first kappa shape index (κ1) is 13.4. The van der Waals surface area contributed by atoms with Crippen LogP contribution in [0.5, 0.6) is 0 Å². The molecule has 1 atom stereocenters. The van der Waals surface area contributed by atoms with Crippen LogP contribution in [0.3, 0.4) is 0 Å². The van der Waals surface area contributed by atoms with Crippen LogP contribution in [0.4, 0.5) is 0 Å². The summed E-state index contributed by atoms with van der Waals surface area (Å²) in [5.41, 5.74) is 1.08. The SMILES string of the molecule is CC(C)C(C(=O)N1CCCC1)c1ccc(Cl)cc1. The van der Waals surface area contributed by atoms with E-state index in [1.165, 1.54) is 0 Å². The van der Waals surface area contributed by atoms with Crippen LogP contribution >= 0.6 is 11.6 Å². The van der Waals surface area contributed by atoms with Gasteiger partial charge in [-0.3, -0.25) is 4.79 Å². The van der Waals surface area contributed by atoms with E-state index in [0.717, 1.165) is 36.5 Å². The molecule has 2 rings (SSSR count). The highest BCUT2D eigenvalue weighted by molar-refractivity contribution is 6.30. The fraction of sp³-hybridized carbons (Fsp3) is 0.533. The van der Waals surface area contributed by atoms with Crippen molar-refractivity contribution in [2.24, 2.45) is 5.92 Å². The van der Waals surface area contributed by atoms with Crippen molar-refractivity contribution in [3.05, 3.63) is 34.9 Å². The van der Waals surface area contributed by atoms with Gasteiger partial charge in [-0.05, 0) is 36.5 Å². The molecule has 0 aromatic heterocycles. The summed E-state index contributed by atoms with van der Waals surface area (Å²) in [4.78, 5) is 14.6. The second-order valence-electron chi connectivity index (χ2n) is 5.31. The van der Waals surface area contributed by atoms with Crippen molar-refractivity contribution in [2.75, 3.05) is 13.1 Å². The molecule has 18 heavy (non-hydrogen) atoms. The molecule has 2 nitrogen and oxygen atoms in total. The fourth-order valence-electron chi connectivity index (χ4n) is 2.62. The Balaban J connectivity index is 2.22. The summed E-state index contributed by atoms with van der Waals surface area (Å²) in [6.07, 6.45) is 2.27. The van der Waals surface area contributed by atoms with E-state index in [0.29, 0.717) is 5.92 Å². The molecule has 0 bridgehead atoms. The summed E-state index contributed by atoms with van der Waals surface area (Å²) in [5, 5.41) is 0.717. The van der Waals surface area contributed by atoms with E-state index in [1.807, 2.05) is 29.2 Å². The van der Waals surface area contributed by atoms with Gasteiger partial charge >= 0.3 is 0 Å². The predicted molar refractivity (Wildman–Crippen MR) is 74.8 cm³/mol. The van der Waals surface area contributed by atoms with Crippen LogP contribution in [0.15, 0.2) is 24.3 Å². The van der Waals surface area contributed by atoms with Crippen LogP contribution in [0.25, 0.3) is 0 Å². The summed E-state index contributed by atoms with van der Waals surface area (Å²) in [6, 6.07) is 7.68. The number of carbonyl (C=O) groups is 1. The van der Waals surface area contributed by atoms with Crippen molar-refractivity contribution in [2.45, 2.75) is 32.6 Å². The van der Waals surface area contributed by atoms with E-state index in [-0.39, 0.29) is 11.8 Å². The van der Waals surface area contributed by atoms with Crippen molar-refractivity contribution < 1.29 is 4.79 Å². The molecule has 3 heteroatoms. The Morgan fingerprint density at radius 3 is 2.22 bits per heavy atom. The lowest BCUT2D eigenvalue weighted by Gasteiger charge is -2.26. The summed E-state index contributed by atoms with van der Waals surface area (Å²) >= 11 is 5.91. The molecular weight excluding hydrogens is 246 g/mol. The van der Waals surface area contributed by atoms with E-state index in [2.05, 4.69) is 13.8 Å². The van der Waals surface area contributed by atoms with Crippen molar-refractivity contribution in [3.63, 3.8) is 0 Å². The molecule has 0 saturated carbocycles. The molecule has 0 N–H and O–H groups in total. The summed E-state index contributed by atoms with van der Waals surface area (Å²) < 4.78 is 0. The number of halogens is 1. The van der Waals surface area contributed by atoms with Gasteiger partial charge in [0.15, 0.2) is 0 Å². The molecule has 1 heterocycles. The highest BCUT2D eigenvalue weighted by Crippen LogP contribution is 2.29. The van der Waals surface area contributed by atoms with Gasteiger partial charge in [0.25, 0.3) is 0 Å². The molecule has 0 radical (unpaired) electrons. The van der Waals surface area contributed by atoms with Gasteiger partial charge in [0.05, 0.1) is 5.92 Å². The van der Waals surface area contributed by atoms with Crippen molar-refractivity contribution in [1.82, 2.24) is 4.90 Å². The number of hydrogen-bond acceptors (Lipinski definition) is 1. The second kappa shape index (κ2) is 5.75. The number of hydrogen-bond donors (Lipinski definition) is 0. The van der Waals surface area contributed by atoms with Gasteiger partial charge in [-0.1, -0.05) is 37.6 Å². The molecule has 1 aromatic carbocycles. The largest absolute Gasteiger partial charge is 0.342 e. The minimum absolute atomic E-state index is 0.0413. The normalized spacial score (nSPS) is 17.2. The summed E-state index contributed by atoms with van der Waals surface area (Å²) in [5.74, 6) is 0.532. The zero-order chi connectivity index (χ0) is 13.1. The van der Waals surface area contributed by atoms with E-state index in [1.54, 1.807) is 0 Å². The maximum atomic E-state index is 12.6. The zero-order valence-electron chi connectivity index (χ0n) is 11.0. The van der Waals surface area contributed by atoms with Gasteiger partial charge in [-0.25, -0.2) is 0 Å². The summed E-state index contributed by atoms with van der Waals surface area (Å²) in [7, 11) is 0. The van der Waals surface area contributed by atoms with Crippen LogP contribution in [0.1, 0.15) is 38.2 Å². The molecule has 1 aliphatic heterocycles. The van der Waals surface area contributed by atoms with Crippen LogP contribution in [0, 0.1) is 5.92 Å². The number of nitrogens with zero attached hydrogens (tertiary/aromatic N) is 1. The zero-order valence-corrected chi connectivity index (χ0v) is 11.8. The van der Waals surface area contributed by atoms with E-state index in [4.69, 9.17) is 11.6 Å². The van der Waals surface area contributed by atoms with Gasteiger partial charge in [0.1, 0.15) is 0 Å². The fourth-order valence-corrected chi connectivity index (χ4v) is 2.74. The molecule has 1 saturated heterocycles. The molecule has 1 aromatic rings. The van der Waals surface area contributed by atoms with E-state index in [9.17, 15) is 4.79 Å². The average molecular weight is 266 g/mol. The maximum Gasteiger partial charge on any atom is 0.230 e. The highest BCUT2D eigenvalue weighted by Gasteiger charge is 2.29. The smallest absolute Gasteiger partial charge is 0.230 e. The minimum Gasteiger partial charge on any atom is -0.342 e. The van der Waals surface area contributed by atoms with Gasteiger partial charge in [0.2, 0.25) is 5.91 Å². The van der Waals surface area contributed by atoms with Gasteiger partial charge in [-0.2, -0.15) is 0 Å². The quantitative estimate of drug-likeness (QED) is 0.816. The lowest BCUT2D eigenvalue weighted by atomic mass is 9.87. The standard InChI is InChI=1S/C15H20ClNO/c1-11(2)14(12-5-7-13(16)8-6-12)15(18)17-9-3-4-10-17/h5-8,11,14H,3-4,9-10H2,1-2H3. The lowest BCUT2D eigenvalue weighted by molar-refractivity contribution is -0.132. The first-order valence-electron chi connectivity index (χ1n) is 6.64. The average Bonchev–Trinajstić information content (AvgIpc) is 2.85. The predicted octanol–water partition coefficient (Wildman–Crippen LogP) is 3.70. The van der Waals surface area contributed by atoms with Gasteiger partial charge in [0, 0.05) is 18.1 Å². The Bertz CT molecular complexity index is 407. The molecule has 1 aliphatic rings. The lowest BCUT2D eigenvalue weighted by Crippen LogP contribution is -2.34. The first-order valence-corrected chi connectivity index (χ1v) is 7.01. The van der Waals surface area contributed by atoms with Crippen molar-refractivity contribution in [3.8, 4) is 0 Å². The second-order valence-corrected chi connectivity index (χ2v) is 5.74. The van der Waals surface area contributed by atoms with Crippen LogP contribution < -0.4 is 0 Å². The Morgan fingerprint density at radius 1 is 1.17 bits per heavy atom. The first-order chi connectivity index (χ1) is 8.59. The Hall–Kier alpha value is -1.02. The molecule has 98 valence electrons. The van der Waals surface area contributed by atoms with E-state index >= 15 is 0 Å². The molecule has 1 amide bonds. The van der Waals surface area contributed by atoms with Crippen molar-refractivity contribution in [1.29, 1.82) is 0 Å². The molecular formula is C15H20ClNO. The maximum absolute atomic E-state index is 12.6. The Morgan fingerprint density at radius 2 is 1.72 bits per heavy atom. The van der Waals surface area contributed by atoms with Crippen LogP contribution in [-0.4, -0.2) is 23.9 Å². The highest BCUT2D eigenvalue weighted by atomic mass is 35.5. The number of rotatable bonds is 3. The van der Waals surface area contributed by atoms with E-state index < -0.39 is 0 Å². The number of likely N-dealkylation sites (tertiary alicyclic amines) is 1. The van der Waals surface area contributed by atoms with Crippen LogP contribution in [-0.2, 0) is 4.79 Å². The molecule has 0 aliphatic carbocycles. The monoisotopic (exact) mass is 265 g/mol. The Labute approximate surface area is 114 Å². The van der Waals surface area contributed by atoms with Crippen LogP contribution in [0.2, 0.25) is 5.02 Å².